The van der Waals surface area contributed by atoms with E-state index >= 15 is 0 Å². The second-order valence-corrected chi connectivity index (χ2v) is 7.50. The first kappa shape index (κ1) is 18.9. The molecule has 0 bridgehead atoms. The summed E-state index contributed by atoms with van der Waals surface area (Å²) in [7, 11) is 1.89. The van der Waals surface area contributed by atoms with Crippen LogP contribution >= 0.6 is 11.8 Å². The van der Waals surface area contributed by atoms with Crippen LogP contribution in [-0.4, -0.2) is 25.7 Å². The van der Waals surface area contributed by atoms with Crippen LogP contribution in [0.1, 0.15) is 11.5 Å². The van der Waals surface area contributed by atoms with Gasteiger partial charge in [-0.2, -0.15) is 0 Å². The molecule has 146 valence electrons. The topological polar surface area (TPSA) is 85.8 Å². The van der Waals surface area contributed by atoms with Crippen molar-refractivity contribution < 1.29 is 9.21 Å². The van der Waals surface area contributed by atoms with Gasteiger partial charge in [-0.3, -0.25) is 4.79 Å². The quantitative estimate of drug-likeness (QED) is 0.520. The highest BCUT2D eigenvalue weighted by molar-refractivity contribution is 7.99. The summed E-state index contributed by atoms with van der Waals surface area (Å²) in [6.45, 7) is 1.82. The van der Waals surface area contributed by atoms with Crippen molar-refractivity contribution in [3.8, 4) is 11.5 Å². The lowest BCUT2D eigenvalue weighted by Crippen LogP contribution is -2.15. The predicted octanol–water partition coefficient (Wildman–Crippen LogP) is 4.11. The number of aryl methyl sites for hydroxylation is 2. The minimum absolute atomic E-state index is 0.144. The van der Waals surface area contributed by atoms with E-state index in [-0.39, 0.29) is 12.3 Å². The van der Waals surface area contributed by atoms with Crippen molar-refractivity contribution >= 4 is 23.4 Å². The number of rotatable bonds is 6. The largest absolute Gasteiger partial charge is 0.441 e. The van der Waals surface area contributed by atoms with Gasteiger partial charge >= 0.3 is 0 Å². The van der Waals surface area contributed by atoms with Crippen LogP contribution < -0.4 is 5.32 Å². The Morgan fingerprint density at radius 2 is 1.90 bits per heavy atom. The number of carbonyl (C=O) groups is 1. The predicted molar refractivity (Wildman–Crippen MR) is 111 cm³/mol. The summed E-state index contributed by atoms with van der Waals surface area (Å²) < 4.78 is 7.57. The zero-order valence-corrected chi connectivity index (χ0v) is 16.8. The van der Waals surface area contributed by atoms with E-state index in [2.05, 4.69) is 20.5 Å². The molecule has 0 aliphatic heterocycles. The monoisotopic (exact) mass is 405 g/mol. The number of nitrogens with zero attached hydrogens (tertiary/aromatic N) is 4. The summed E-state index contributed by atoms with van der Waals surface area (Å²) in [5, 5.41) is 11.6. The van der Waals surface area contributed by atoms with Crippen molar-refractivity contribution in [1.29, 1.82) is 0 Å². The third-order valence-electron chi connectivity index (χ3n) is 4.26. The molecule has 0 aliphatic rings. The van der Waals surface area contributed by atoms with Crippen LogP contribution in [0.2, 0.25) is 0 Å². The molecular formula is C21H19N5O2S. The molecule has 0 unspecified atom stereocenters. The average Bonchev–Trinajstić information content (AvgIpc) is 3.29. The number of aromatic nitrogens is 4. The standard InChI is InChI=1S/C21H19N5O2S/c1-14-18(24-20(28-14)15-6-4-3-5-7-15)12-19(27)23-16-8-10-17(11-9-16)29-21-25-22-13-26(21)2/h3-11,13H,12H2,1-2H3,(H,23,27). The highest BCUT2D eigenvalue weighted by Crippen LogP contribution is 2.26. The van der Waals surface area contributed by atoms with Crippen molar-refractivity contribution in [2.45, 2.75) is 23.4 Å². The van der Waals surface area contributed by atoms with Crippen LogP contribution in [0.4, 0.5) is 5.69 Å². The lowest BCUT2D eigenvalue weighted by molar-refractivity contribution is -0.115. The molecule has 8 heteroatoms. The van der Waals surface area contributed by atoms with Crippen LogP contribution in [0.5, 0.6) is 0 Å². The van der Waals surface area contributed by atoms with Gasteiger partial charge in [0.15, 0.2) is 5.16 Å². The number of anilines is 1. The third-order valence-corrected chi connectivity index (χ3v) is 5.32. The van der Waals surface area contributed by atoms with Crippen molar-refractivity contribution in [2.75, 3.05) is 5.32 Å². The molecule has 0 radical (unpaired) electrons. The van der Waals surface area contributed by atoms with E-state index < -0.39 is 0 Å². The highest BCUT2D eigenvalue weighted by atomic mass is 32.2. The third kappa shape index (κ3) is 4.55. The number of benzene rings is 2. The fourth-order valence-electron chi connectivity index (χ4n) is 2.73. The summed E-state index contributed by atoms with van der Waals surface area (Å²) in [5.41, 5.74) is 2.25. The molecule has 0 atom stereocenters. The minimum atomic E-state index is -0.144. The molecule has 4 rings (SSSR count). The zero-order chi connectivity index (χ0) is 20.2. The Labute approximate surface area is 172 Å². The van der Waals surface area contributed by atoms with Gasteiger partial charge in [-0.25, -0.2) is 4.98 Å². The van der Waals surface area contributed by atoms with Crippen molar-refractivity contribution in [2.24, 2.45) is 7.05 Å². The maximum atomic E-state index is 12.4. The number of carbonyl (C=O) groups excluding carboxylic acids is 1. The first-order valence-corrected chi connectivity index (χ1v) is 9.83. The first-order valence-electron chi connectivity index (χ1n) is 9.02. The fourth-order valence-corrected chi connectivity index (χ4v) is 3.49. The molecule has 29 heavy (non-hydrogen) atoms. The Hall–Kier alpha value is -3.39. The van der Waals surface area contributed by atoms with Gasteiger partial charge in [0.05, 0.1) is 12.1 Å². The van der Waals surface area contributed by atoms with E-state index in [0.717, 1.165) is 21.3 Å². The van der Waals surface area contributed by atoms with Gasteiger partial charge in [-0.1, -0.05) is 18.2 Å². The molecule has 4 aromatic rings. The SMILES string of the molecule is Cc1oc(-c2ccccc2)nc1CC(=O)Nc1ccc(Sc2nncn2C)cc1. The lowest BCUT2D eigenvalue weighted by Gasteiger charge is -2.06. The molecule has 0 saturated carbocycles. The Morgan fingerprint density at radius 3 is 2.59 bits per heavy atom. The van der Waals surface area contributed by atoms with Crippen molar-refractivity contribution in [3.05, 3.63) is 72.4 Å². The van der Waals surface area contributed by atoms with E-state index in [1.165, 1.54) is 11.8 Å². The van der Waals surface area contributed by atoms with Crippen LogP contribution in [-0.2, 0) is 18.3 Å². The van der Waals surface area contributed by atoms with Gasteiger partial charge in [0.2, 0.25) is 11.8 Å². The van der Waals surface area contributed by atoms with Crippen LogP contribution in [0.3, 0.4) is 0 Å². The second-order valence-electron chi connectivity index (χ2n) is 6.46. The molecule has 1 amide bonds. The molecule has 2 heterocycles. The Balaban J connectivity index is 1.39. The normalized spacial score (nSPS) is 10.8. The van der Waals surface area contributed by atoms with E-state index in [9.17, 15) is 4.79 Å². The van der Waals surface area contributed by atoms with E-state index in [1.807, 2.05) is 73.1 Å². The zero-order valence-electron chi connectivity index (χ0n) is 16.0. The van der Waals surface area contributed by atoms with E-state index in [4.69, 9.17) is 4.42 Å². The van der Waals surface area contributed by atoms with Gasteiger partial charge in [0.1, 0.15) is 12.1 Å². The summed E-state index contributed by atoms with van der Waals surface area (Å²) in [5.74, 6) is 1.03. The molecular weight excluding hydrogens is 386 g/mol. The summed E-state index contributed by atoms with van der Waals surface area (Å²) in [6.07, 6.45) is 1.81. The van der Waals surface area contributed by atoms with Gasteiger partial charge < -0.3 is 14.3 Å². The second kappa shape index (κ2) is 8.32. The highest BCUT2D eigenvalue weighted by Gasteiger charge is 2.15. The maximum absolute atomic E-state index is 12.4. The molecule has 2 aromatic carbocycles. The molecule has 7 nitrogen and oxygen atoms in total. The molecule has 0 spiro atoms. The van der Waals surface area contributed by atoms with Crippen molar-refractivity contribution in [1.82, 2.24) is 19.7 Å². The smallest absolute Gasteiger partial charge is 0.230 e. The summed E-state index contributed by atoms with van der Waals surface area (Å²) >= 11 is 1.51. The van der Waals surface area contributed by atoms with Crippen LogP contribution in [0.25, 0.3) is 11.5 Å². The Morgan fingerprint density at radius 1 is 1.14 bits per heavy atom. The summed E-state index contributed by atoms with van der Waals surface area (Å²) in [6, 6.07) is 17.2. The first-order chi connectivity index (χ1) is 14.1. The number of hydrogen-bond acceptors (Lipinski definition) is 6. The van der Waals surface area contributed by atoms with Crippen molar-refractivity contribution in [3.63, 3.8) is 0 Å². The van der Waals surface area contributed by atoms with Gasteiger partial charge in [0, 0.05) is 23.2 Å². The lowest BCUT2D eigenvalue weighted by atomic mass is 10.2. The van der Waals surface area contributed by atoms with Gasteiger partial charge in [0.25, 0.3) is 0 Å². The molecule has 0 fully saturated rings. The molecule has 2 aromatic heterocycles. The van der Waals surface area contributed by atoms with Gasteiger partial charge in [-0.05, 0) is 55.1 Å². The van der Waals surface area contributed by atoms with E-state index in [0.29, 0.717) is 17.3 Å². The Bertz CT molecular complexity index is 1120. The molecule has 0 aliphatic carbocycles. The average molecular weight is 405 g/mol. The summed E-state index contributed by atoms with van der Waals surface area (Å²) in [4.78, 5) is 17.9. The minimum Gasteiger partial charge on any atom is -0.441 e. The number of amides is 1. The van der Waals surface area contributed by atoms with Gasteiger partial charge in [-0.15, -0.1) is 10.2 Å². The van der Waals surface area contributed by atoms with Crippen LogP contribution in [0.15, 0.2) is 75.4 Å². The van der Waals surface area contributed by atoms with Crippen LogP contribution in [0, 0.1) is 6.92 Å². The number of nitrogens with one attached hydrogen (secondary N) is 1. The molecule has 0 saturated heterocycles. The number of oxazole rings is 1. The molecule has 1 N–H and O–H groups in total. The maximum Gasteiger partial charge on any atom is 0.230 e. The van der Waals surface area contributed by atoms with E-state index in [1.54, 1.807) is 6.33 Å². The fraction of sp³-hybridized carbons (Fsp3) is 0.143. The number of hydrogen-bond donors (Lipinski definition) is 1. The Kier molecular flexibility index (Phi) is 5.44.